The Morgan fingerprint density at radius 1 is 1.07 bits per heavy atom. The molecule has 0 bridgehead atoms. The predicted octanol–water partition coefficient (Wildman–Crippen LogP) is 4.45. The van der Waals surface area contributed by atoms with Crippen molar-refractivity contribution in [3.8, 4) is 5.75 Å². The Labute approximate surface area is 171 Å². The van der Waals surface area contributed by atoms with Crippen molar-refractivity contribution in [3.63, 3.8) is 0 Å². The minimum absolute atomic E-state index is 0.177. The molecule has 0 aromatic heterocycles. The van der Waals surface area contributed by atoms with Gasteiger partial charge in [0.15, 0.2) is 0 Å². The van der Waals surface area contributed by atoms with Crippen molar-refractivity contribution in [2.24, 2.45) is 0 Å². The number of carbonyl (C=O) groups excluding carboxylic acids is 1. The van der Waals surface area contributed by atoms with Crippen molar-refractivity contribution < 1.29 is 42.5 Å². The number of carbonyl (C=O) groups is 3. The molecule has 0 aliphatic carbocycles. The van der Waals surface area contributed by atoms with Crippen LogP contribution in [0.1, 0.15) is 22.3 Å². The standard InChI is InChI=1S/C10H8F3NO4.C8H7BrO2/c11-10(12,13)18-7-3-1-6(2-4-7)14-8(15)5-9(16)17;1-5-3-2-4-6(7(5)9)8(10)11/h1-4H,5H2,(H,14,15)(H,16,17);2-4H,1H3,(H,10,11). The van der Waals surface area contributed by atoms with Crippen LogP contribution in [0.4, 0.5) is 18.9 Å². The summed E-state index contributed by atoms with van der Waals surface area (Å²) in [7, 11) is 0. The second-order valence-corrected chi connectivity index (χ2v) is 6.23. The molecule has 3 N–H and O–H groups in total. The van der Waals surface area contributed by atoms with E-state index in [0.717, 1.165) is 17.7 Å². The predicted molar refractivity (Wildman–Crippen MR) is 99.8 cm³/mol. The van der Waals surface area contributed by atoms with Crippen LogP contribution in [-0.2, 0) is 9.59 Å². The summed E-state index contributed by atoms with van der Waals surface area (Å²) >= 11 is 3.20. The lowest BCUT2D eigenvalue weighted by atomic mass is 10.1. The van der Waals surface area contributed by atoms with Gasteiger partial charge in [0.05, 0.1) is 5.56 Å². The fourth-order valence-electron chi connectivity index (χ4n) is 1.90. The SMILES string of the molecule is Cc1cccc(C(=O)O)c1Br.O=C(O)CC(=O)Nc1ccc(OC(F)(F)F)cc1. The Hall–Kier alpha value is -3.08. The lowest BCUT2D eigenvalue weighted by molar-refractivity contribution is -0.274. The minimum Gasteiger partial charge on any atom is -0.481 e. The highest BCUT2D eigenvalue weighted by molar-refractivity contribution is 9.10. The van der Waals surface area contributed by atoms with Gasteiger partial charge in [0.1, 0.15) is 12.2 Å². The first kappa shape index (κ1) is 24.0. The Kier molecular flexibility index (Phi) is 8.64. The first-order valence-electron chi connectivity index (χ1n) is 7.75. The fourth-order valence-corrected chi connectivity index (χ4v) is 2.33. The molecule has 0 saturated heterocycles. The largest absolute Gasteiger partial charge is 0.573 e. The zero-order chi connectivity index (χ0) is 22.2. The van der Waals surface area contributed by atoms with Crippen molar-refractivity contribution in [2.45, 2.75) is 19.7 Å². The van der Waals surface area contributed by atoms with Crippen LogP contribution in [0.5, 0.6) is 5.75 Å². The summed E-state index contributed by atoms with van der Waals surface area (Å²) in [5, 5.41) is 19.2. The van der Waals surface area contributed by atoms with Gasteiger partial charge in [-0.3, -0.25) is 9.59 Å². The molecule has 7 nitrogen and oxygen atoms in total. The number of carboxylic acid groups (broad SMARTS) is 2. The first-order valence-corrected chi connectivity index (χ1v) is 8.54. The molecule has 0 spiro atoms. The van der Waals surface area contributed by atoms with Crippen LogP contribution < -0.4 is 10.1 Å². The van der Waals surface area contributed by atoms with Crippen molar-refractivity contribution >= 4 is 39.5 Å². The van der Waals surface area contributed by atoms with E-state index in [0.29, 0.717) is 10.0 Å². The summed E-state index contributed by atoms with van der Waals surface area (Å²) in [5.41, 5.74) is 1.42. The number of benzene rings is 2. The van der Waals surface area contributed by atoms with Crippen LogP contribution in [0.3, 0.4) is 0 Å². The van der Waals surface area contributed by atoms with Gasteiger partial charge in [-0.2, -0.15) is 0 Å². The second kappa shape index (κ2) is 10.5. The third-order valence-corrected chi connectivity index (χ3v) is 4.16. The summed E-state index contributed by atoms with van der Waals surface area (Å²) < 4.78 is 39.8. The Balaban J connectivity index is 0.000000326. The van der Waals surface area contributed by atoms with Crippen LogP contribution in [0.15, 0.2) is 46.9 Å². The summed E-state index contributed by atoms with van der Waals surface area (Å²) in [6.07, 6.45) is -5.51. The summed E-state index contributed by atoms with van der Waals surface area (Å²) in [4.78, 5) is 31.8. The van der Waals surface area contributed by atoms with E-state index in [-0.39, 0.29) is 5.69 Å². The Bertz CT molecular complexity index is 884. The van der Waals surface area contributed by atoms with Crippen LogP contribution in [0.25, 0.3) is 0 Å². The summed E-state index contributed by atoms with van der Waals surface area (Å²) in [5.74, 6) is -3.41. The molecule has 156 valence electrons. The Morgan fingerprint density at radius 3 is 2.10 bits per heavy atom. The molecule has 0 unspecified atom stereocenters. The maximum Gasteiger partial charge on any atom is 0.573 e. The lowest BCUT2D eigenvalue weighted by Crippen LogP contribution is -2.17. The Morgan fingerprint density at radius 2 is 1.66 bits per heavy atom. The molecule has 2 aromatic rings. The number of aliphatic carboxylic acids is 1. The number of hydrogen-bond acceptors (Lipinski definition) is 4. The van der Waals surface area contributed by atoms with Crippen molar-refractivity contribution in [1.82, 2.24) is 0 Å². The molecule has 29 heavy (non-hydrogen) atoms. The number of aromatic carboxylic acids is 1. The lowest BCUT2D eigenvalue weighted by Gasteiger charge is -2.09. The topological polar surface area (TPSA) is 113 Å². The van der Waals surface area contributed by atoms with Gasteiger partial charge in [-0.1, -0.05) is 12.1 Å². The number of rotatable bonds is 5. The summed E-state index contributed by atoms with van der Waals surface area (Å²) in [6, 6.07) is 9.49. The highest BCUT2D eigenvalue weighted by atomic mass is 79.9. The molecule has 0 aliphatic heterocycles. The van der Waals surface area contributed by atoms with Crippen molar-refractivity contribution in [2.75, 3.05) is 5.32 Å². The third kappa shape index (κ3) is 9.10. The fraction of sp³-hybridized carbons (Fsp3) is 0.167. The monoisotopic (exact) mass is 477 g/mol. The maximum absolute atomic E-state index is 11.8. The van der Waals surface area contributed by atoms with Crippen LogP contribution in [0.2, 0.25) is 0 Å². The summed E-state index contributed by atoms with van der Waals surface area (Å²) in [6.45, 7) is 1.86. The number of anilines is 1. The molecule has 0 fully saturated rings. The van der Waals surface area contributed by atoms with E-state index >= 15 is 0 Å². The second-order valence-electron chi connectivity index (χ2n) is 5.43. The number of alkyl halides is 3. The molecule has 0 atom stereocenters. The van der Waals surface area contributed by atoms with Gasteiger partial charge in [-0.15, -0.1) is 13.2 Å². The highest BCUT2D eigenvalue weighted by Gasteiger charge is 2.30. The molecule has 1 amide bonds. The highest BCUT2D eigenvalue weighted by Crippen LogP contribution is 2.24. The van der Waals surface area contributed by atoms with Gasteiger partial charge in [0.2, 0.25) is 5.91 Å². The number of aryl methyl sites for hydroxylation is 1. The van der Waals surface area contributed by atoms with E-state index in [9.17, 15) is 27.6 Å². The van der Waals surface area contributed by atoms with E-state index in [1.54, 1.807) is 12.1 Å². The molecule has 2 rings (SSSR count). The molecule has 2 aromatic carbocycles. The normalized spacial score (nSPS) is 10.4. The number of halogens is 4. The number of ether oxygens (including phenoxy) is 1. The number of amides is 1. The third-order valence-electron chi connectivity index (χ3n) is 3.11. The molecular weight excluding hydrogens is 463 g/mol. The van der Waals surface area contributed by atoms with Crippen LogP contribution >= 0.6 is 15.9 Å². The maximum atomic E-state index is 11.8. The average Bonchev–Trinajstić information content (AvgIpc) is 2.57. The van der Waals surface area contributed by atoms with Gasteiger partial charge in [0, 0.05) is 10.2 Å². The van der Waals surface area contributed by atoms with E-state index in [4.69, 9.17) is 10.2 Å². The first-order chi connectivity index (χ1) is 13.4. The molecule has 0 saturated carbocycles. The molecule has 0 aliphatic rings. The zero-order valence-corrected chi connectivity index (χ0v) is 16.4. The number of hydrogen-bond donors (Lipinski definition) is 3. The van der Waals surface area contributed by atoms with Crippen molar-refractivity contribution in [3.05, 3.63) is 58.1 Å². The van der Waals surface area contributed by atoms with Gasteiger partial charge in [-0.25, -0.2) is 4.79 Å². The number of nitrogens with one attached hydrogen (secondary N) is 1. The molecule has 0 radical (unpaired) electrons. The molecule has 11 heteroatoms. The van der Waals surface area contributed by atoms with Gasteiger partial charge in [0.25, 0.3) is 0 Å². The van der Waals surface area contributed by atoms with Crippen molar-refractivity contribution in [1.29, 1.82) is 0 Å². The van der Waals surface area contributed by atoms with Gasteiger partial charge < -0.3 is 20.3 Å². The van der Waals surface area contributed by atoms with Gasteiger partial charge in [-0.05, 0) is 58.7 Å². The van der Waals surface area contributed by atoms with E-state index in [1.807, 2.05) is 13.0 Å². The number of carboxylic acids is 2. The molecule has 0 heterocycles. The average molecular weight is 478 g/mol. The van der Waals surface area contributed by atoms with E-state index < -0.39 is 36.4 Å². The quantitative estimate of drug-likeness (QED) is 0.548. The zero-order valence-electron chi connectivity index (χ0n) is 14.8. The van der Waals surface area contributed by atoms with Crippen LogP contribution in [-0.4, -0.2) is 34.4 Å². The molecular formula is C18H15BrF3NO6. The minimum atomic E-state index is -4.78. The van der Waals surface area contributed by atoms with Gasteiger partial charge >= 0.3 is 18.3 Å². The van der Waals surface area contributed by atoms with E-state index in [1.165, 1.54) is 12.1 Å². The smallest absolute Gasteiger partial charge is 0.481 e. The van der Waals surface area contributed by atoms with E-state index in [2.05, 4.69) is 26.0 Å². The van der Waals surface area contributed by atoms with Crippen LogP contribution in [0, 0.1) is 6.92 Å².